The highest BCUT2D eigenvalue weighted by Crippen LogP contribution is 2.03. The zero-order valence-corrected chi connectivity index (χ0v) is 10.6. The van der Waals surface area contributed by atoms with Gasteiger partial charge in [0, 0.05) is 0 Å². The third-order valence-corrected chi connectivity index (χ3v) is 2.61. The molecule has 0 unspecified atom stereocenters. The Morgan fingerprint density at radius 2 is 1.64 bits per heavy atom. The summed E-state index contributed by atoms with van der Waals surface area (Å²) in [6, 6.07) is 0. The largest absolute Gasteiger partial charge is 0.469 e. The van der Waals surface area contributed by atoms with Gasteiger partial charge in [0.05, 0.1) is 40.2 Å². The molecule has 3 heteroatoms. The number of hydrogen-bond donors (Lipinski definition) is 0. The molecule has 0 aliphatic rings. The van der Waals surface area contributed by atoms with Gasteiger partial charge < -0.3 is 9.22 Å². The third kappa shape index (κ3) is 6.89. The number of quaternary nitrogens is 1. The van der Waals surface area contributed by atoms with E-state index in [1.165, 1.54) is 7.11 Å². The molecule has 0 atom stereocenters. The quantitative estimate of drug-likeness (QED) is 0.506. The Balaban J connectivity index is 0. The summed E-state index contributed by atoms with van der Waals surface area (Å²) in [6.07, 6.45) is 0.522. The van der Waals surface area contributed by atoms with Crippen molar-refractivity contribution < 1.29 is 14.0 Å². The van der Waals surface area contributed by atoms with Crippen LogP contribution in [0.15, 0.2) is 0 Å². The zero-order valence-electron chi connectivity index (χ0n) is 10.6. The average Bonchev–Trinajstić information content (AvgIpc) is 2.28. The molecule has 0 fully saturated rings. The van der Waals surface area contributed by atoms with E-state index in [2.05, 4.69) is 25.6 Å². The van der Waals surface area contributed by atoms with Crippen LogP contribution >= 0.6 is 0 Å². The second-order valence-corrected chi connectivity index (χ2v) is 3.30. The molecule has 0 aromatic carbocycles. The predicted octanol–water partition coefficient (Wildman–Crippen LogP) is 2.06. The third-order valence-electron chi connectivity index (χ3n) is 2.61. The maximum atomic E-state index is 10.9. The van der Waals surface area contributed by atoms with Crippen molar-refractivity contribution in [3.05, 3.63) is 0 Å². The van der Waals surface area contributed by atoms with Gasteiger partial charge in [0.1, 0.15) is 0 Å². The number of hydrogen-bond acceptors (Lipinski definition) is 2. The van der Waals surface area contributed by atoms with Gasteiger partial charge in [-0.2, -0.15) is 0 Å². The molecule has 0 saturated carbocycles. The fourth-order valence-electron chi connectivity index (χ4n) is 1.00. The minimum atomic E-state index is -0.110. The highest BCUT2D eigenvalue weighted by atomic mass is 16.5. The minimum absolute atomic E-state index is 0.110. The predicted molar refractivity (Wildman–Crippen MR) is 60.1 cm³/mol. The molecule has 0 spiro atoms. The van der Waals surface area contributed by atoms with Crippen LogP contribution in [0.4, 0.5) is 0 Å². The van der Waals surface area contributed by atoms with E-state index in [1.54, 1.807) is 0 Å². The molecule has 0 aliphatic heterocycles. The van der Waals surface area contributed by atoms with Crippen molar-refractivity contribution in [2.24, 2.45) is 0 Å². The maximum Gasteiger partial charge on any atom is 0.311 e. The highest BCUT2D eigenvalue weighted by Gasteiger charge is 2.17. The minimum Gasteiger partial charge on any atom is -0.469 e. The van der Waals surface area contributed by atoms with Gasteiger partial charge in [-0.15, -0.1) is 0 Å². The van der Waals surface area contributed by atoms with E-state index < -0.39 is 0 Å². The van der Waals surface area contributed by atoms with Crippen molar-refractivity contribution >= 4 is 5.97 Å². The molecule has 0 aromatic rings. The fraction of sp³-hybridized carbons (Fsp3) is 0.909. The molecular weight excluding hydrogens is 178 g/mol. The van der Waals surface area contributed by atoms with E-state index in [4.69, 9.17) is 0 Å². The monoisotopic (exact) mass is 204 g/mol. The van der Waals surface area contributed by atoms with Gasteiger partial charge in [-0.25, -0.2) is 0 Å². The van der Waals surface area contributed by atoms with Crippen molar-refractivity contribution in [2.75, 3.05) is 33.8 Å². The number of carbonyl (C=O) groups is 1. The highest BCUT2D eigenvalue weighted by molar-refractivity contribution is 5.69. The molecule has 86 valence electrons. The Morgan fingerprint density at radius 1 is 1.21 bits per heavy atom. The lowest BCUT2D eigenvalue weighted by molar-refractivity contribution is -0.905. The summed E-state index contributed by atoms with van der Waals surface area (Å²) in [7, 11) is 3.59. The topological polar surface area (TPSA) is 26.3 Å². The van der Waals surface area contributed by atoms with Crippen LogP contribution in [-0.2, 0) is 9.53 Å². The van der Waals surface area contributed by atoms with E-state index in [9.17, 15) is 4.79 Å². The van der Waals surface area contributed by atoms with Crippen LogP contribution in [0.3, 0.4) is 0 Å². The molecule has 3 nitrogen and oxygen atoms in total. The van der Waals surface area contributed by atoms with E-state index in [1.807, 2.05) is 13.8 Å². The van der Waals surface area contributed by atoms with E-state index >= 15 is 0 Å². The number of methoxy groups -OCH3 is 1. The standard InChI is InChI=1S/C9H20NO2.C2H6/c1-5-10(3,6-2)8-7-9(11)12-4;1-2/h5-8H2,1-4H3;1-2H3/q+1;. The van der Waals surface area contributed by atoms with Crippen molar-refractivity contribution in [1.29, 1.82) is 0 Å². The SMILES string of the molecule is CC.CC[N+](C)(CC)CCC(=O)OC. The van der Waals surface area contributed by atoms with Crippen molar-refractivity contribution in [2.45, 2.75) is 34.1 Å². The van der Waals surface area contributed by atoms with Crippen LogP contribution < -0.4 is 0 Å². The van der Waals surface area contributed by atoms with Gasteiger partial charge >= 0.3 is 5.97 Å². The molecule has 0 heterocycles. The average molecular weight is 204 g/mol. The molecule has 14 heavy (non-hydrogen) atoms. The van der Waals surface area contributed by atoms with Gasteiger partial charge in [0.15, 0.2) is 0 Å². The van der Waals surface area contributed by atoms with E-state index in [0.29, 0.717) is 6.42 Å². The lowest BCUT2D eigenvalue weighted by atomic mass is 10.3. The molecule has 0 saturated heterocycles. The van der Waals surface area contributed by atoms with E-state index in [0.717, 1.165) is 24.1 Å². The maximum absolute atomic E-state index is 10.9. The summed E-state index contributed by atoms with van der Waals surface area (Å²) in [6.45, 7) is 11.3. The molecule has 0 N–H and O–H groups in total. The van der Waals surface area contributed by atoms with Crippen LogP contribution in [-0.4, -0.2) is 44.2 Å². The van der Waals surface area contributed by atoms with Crippen molar-refractivity contribution in [1.82, 2.24) is 0 Å². The normalized spacial score (nSPS) is 10.1. The second kappa shape index (κ2) is 9.00. The van der Waals surface area contributed by atoms with Crippen molar-refractivity contribution in [3.63, 3.8) is 0 Å². The Labute approximate surface area is 88.6 Å². The van der Waals surface area contributed by atoms with Gasteiger partial charge in [-0.3, -0.25) is 4.79 Å². The smallest absolute Gasteiger partial charge is 0.311 e. The van der Waals surface area contributed by atoms with Gasteiger partial charge in [-0.1, -0.05) is 13.8 Å². The summed E-state index contributed by atoms with van der Waals surface area (Å²) in [5, 5.41) is 0. The van der Waals surface area contributed by atoms with Gasteiger partial charge in [0.2, 0.25) is 0 Å². The number of nitrogens with zero attached hydrogens (tertiary/aromatic N) is 1. The molecule has 0 bridgehead atoms. The summed E-state index contributed by atoms with van der Waals surface area (Å²) in [4.78, 5) is 10.9. The van der Waals surface area contributed by atoms with Crippen LogP contribution in [0.25, 0.3) is 0 Å². The molecular formula is C11H26NO2+. The lowest BCUT2D eigenvalue weighted by Gasteiger charge is -2.31. The summed E-state index contributed by atoms with van der Waals surface area (Å²) in [5.41, 5.74) is 0. The van der Waals surface area contributed by atoms with Crippen LogP contribution in [0.5, 0.6) is 0 Å². The Hall–Kier alpha value is -0.570. The summed E-state index contributed by atoms with van der Waals surface area (Å²) in [5.74, 6) is -0.110. The number of rotatable bonds is 5. The molecule has 0 aromatic heterocycles. The first-order chi connectivity index (χ1) is 6.58. The number of carbonyl (C=O) groups excluding carboxylic acids is 1. The molecule has 0 radical (unpaired) electrons. The summed E-state index contributed by atoms with van der Waals surface area (Å²) >= 11 is 0. The van der Waals surface area contributed by atoms with Crippen LogP contribution in [0, 0.1) is 0 Å². The molecule has 0 aliphatic carbocycles. The Bertz CT molecular complexity index is 142. The van der Waals surface area contributed by atoms with Gasteiger partial charge in [0.25, 0.3) is 0 Å². The van der Waals surface area contributed by atoms with E-state index in [-0.39, 0.29) is 5.97 Å². The van der Waals surface area contributed by atoms with Crippen LogP contribution in [0.1, 0.15) is 34.1 Å². The number of ether oxygens (including phenoxy) is 1. The zero-order chi connectivity index (χ0) is 11.6. The second-order valence-electron chi connectivity index (χ2n) is 3.30. The fourth-order valence-corrected chi connectivity index (χ4v) is 1.00. The van der Waals surface area contributed by atoms with Gasteiger partial charge in [-0.05, 0) is 13.8 Å². The lowest BCUT2D eigenvalue weighted by Crippen LogP contribution is -2.44. The first-order valence-electron chi connectivity index (χ1n) is 5.48. The summed E-state index contributed by atoms with van der Waals surface area (Å²) < 4.78 is 5.53. The molecule has 0 amide bonds. The van der Waals surface area contributed by atoms with Crippen LogP contribution in [0.2, 0.25) is 0 Å². The Morgan fingerprint density at radius 3 is 1.93 bits per heavy atom. The first-order valence-corrected chi connectivity index (χ1v) is 5.48. The Kier molecular flexibility index (Phi) is 10.2. The molecule has 0 rings (SSSR count). The van der Waals surface area contributed by atoms with Crippen molar-refractivity contribution in [3.8, 4) is 0 Å². The number of esters is 1. The first kappa shape index (κ1) is 15.9.